The Morgan fingerprint density at radius 1 is 1.64 bits per heavy atom. The lowest BCUT2D eigenvalue weighted by Crippen LogP contribution is -2.15. The minimum atomic E-state index is -2.80. The zero-order valence-corrected chi connectivity index (χ0v) is 7.26. The van der Waals surface area contributed by atoms with Gasteiger partial charge in [0.2, 0.25) is 5.82 Å². The first-order valence-electron chi connectivity index (χ1n) is 3.80. The molecule has 1 unspecified atom stereocenters. The summed E-state index contributed by atoms with van der Waals surface area (Å²) in [6.45, 7) is 1.45. The van der Waals surface area contributed by atoms with Crippen LogP contribution < -0.4 is 0 Å². The first-order valence-corrected chi connectivity index (χ1v) is 3.80. The van der Waals surface area contributed by atoms with E-state index in [1.54, 1.807) is 0 Å². The summed E-state index contributed by atoms with van der Waals surface area (Å²) in [6.07, 6.45) is -3.11. The number of carboxylic acids is 1. The maximum atomic E-state index is 12.2. The number of aliphatic carboxylic acids is 1. The quantitative estimate of drug-likeness (QED) is 0.782. The smallest absolute Gasteiger partial charge is 0.305 e. The number of aromatic nitrogens is 4. The van der Waals surface area contributed by atoms with E-state index in [9.17, 15) is 13.6 Å². The summed E-state index contributed by atoms with van der Waals surface area (Å²) >= 11 is 0. The summed E-state index contributed by atoms with van der Waals surface area (Å²) in [5.41, 5.74) is 0. The molecular weight excluding hydrogens is 198 g/mol. The molecule has 78 valence electrons. The molecule has 1 N–H and O–H groups in total. The zero-order valence-electron chi connectivity index (χ0n) is 7.26. The molecule has 1 atom stereocenters. The fourth-order valence-corrected chi connectivity index (χ4v) is 0.997. The van der Waals surface area contributed by atoms with Crippen LogP contribution in [0.5, 0.6) is 0 Å². The van der Waals surface area contributed by atoms with Crippen LogP contribution in [0.3, 0.4) is 0 Å². The van der Waals surface area contributed by atoms with Gasteiger partial charge in [0.1, 0.15) is 0 Å². The Kier molecular flexibility index (Phi) is 3.05. The van der Waals surface area contributed by atoms with E-state index in [0.717, 1.165) is 4.68 Å². The highest BCUT2D eigenvalue weighted by molar-refractivity contribution is 5.67. The third kappa shape index (κ3) is 2.21. The molecule has 1 aromatic heterocycles. The fraction of sp³-hybridized carbons (Fsp3) is 0.667. The number of carbonyl (C=O) groups is 1. The van der Waals surface area contributed by atoms with Crippen molar-refractivity contribution >= 4 is 5.97 Å². The van der Waals surface area contributed by atoms with Crippen LogP contribution in [0.25, 0.3) is 0 Å². The lowest BCUT2D eigenvalue weighted by atomic mass is 10.2. The molecule has 0 bridgehead atoms. The predicted octanol–water partition coefficient (Wildman–Crippen LogP) is 0.646. The summed E-state index contributed by atoms with van der Waals surface area (Å²) in [5.74, 6) is -1.70. The lowest BCUT2D eigenvalue weighted by Gasteiger charge is -2.09. The molecule has 0 saturated heterocycles. The average molecular weight is 206 g/mol. The van der Waals surface area contributed by atoms with Gasteiger partial charge in [0.05, 0.1) is 12.5 Å². The van der Waals surface area contributed by atoms with E-state index in [-0.39, 0.29) is 6.42 Å². The van der Waals surface area contributed by atoms with Gasteiger partial charge in [-0.15, -0.1) is 5.10 Å². The summed E-state index contributed by atoms with van der Waals surface area (Å²) in [5, 5.41) is 17.9. The second kappa shape index (κ2) is 4.07. The van der Waals surface area contributed by atoms with E-state index in [2.05, 4.69) is 15.5 Å². The molecule has 1 aromatic rings. The molecule has 0 radical (unpaired) electrons. The van der Waals surface area contributed by atoms with E-state index < -0.39 is 24.3 Å². The first-order chi connectivity index (χ1) is 6.52. The molecule has 1 heterocycles. The number of hydrogen-bond donors (Lipinski definition) is 1. The lowest BCUT2D eigenvalue weighted by molar-refractivity contribution is -0.137. The number of rotatable bonds is 4. The summed E-state index contributed by atoms with van der Waals surface area (Å²) in [6, 6.07) is -0.688. The van der Waals surface area contributed by atoms with Gasteiger partial charge in [-0.3, -0.25) is 4.79 Å². The standard InChI is InChI=1S/C6H8F2N4O2/c1-3(2-4(13)14)12-6(5(7)8)9-10-11-12/h3,5H,2H2,1H3,(H,13,14). The normalized spacial score (nSPS) is 13.1. The molecule has 0 aliphatic heterocycles. The average Bonchev–Trinajstić information content (AvgIpc) is 2.49. The monoisotopic (exact) mass is 206 g/mol. The SMILES string of the molecule is CC(CC(=O)O)n1nnnc1C(F)F. The van der Waals surface area contributed by atoms with Crippen LogP contribution in [0, 0.1) is 0 Å². The number of alkyl halides is 2. The largest absolute Gasteiger partial charge is 0.481 e. The van der Waals surface area contributed by atoms with Crippen LogP contribution in [0.1, 0.15) is 31.6 Å². The molecule has 1 rings (SSSR count). The molecule has 14 heavy (non-hydrogen) atoms. The molecule has 0 aromatic carbocycles. The Balaban J connectivity index is 2.83. The van der Waals surface area contributed by atoms with Gasteiger partial charge in [-0.1, -0.05) is 0 Å². The van der Waals surface area contributed by atoms with Crippen molar-refractivity contribution in [3.8, 4) is 0 Å². The molecule has 0 aliphatic carbocycles. The summed E-state index contributed by atoms with van der Waals surface area (Å²) in [7, 11) is 0. The fourth-order valence-electron chi connectivity index (χ4n) is 0.997. The Bertz CT molecular complexity index is 327. The third-order valence-electron chi connectivity index (χ3n) is 1.60. The second-order valence-electron chi connectivity index (χ2n) is 2.73. The Hall–Kier alpha value is -1.60. The molecule has 6 nitrogen and oxygen atoms in total. The van der Waals surface area contributed by atoms with Crippen LogP contribution in [0.15, 0.2) is 0 Å². The van der Waals surface area contributed by atoms with Crippen molar-refractivity contribution in [2.75, 3.05) is 0 Å². The second-order valence-corrected chi connectivity index (χ2v) is 2.73. The Labute approximate surface area is 77.5 Å². The molecule has 0 aliphatic rings. The molecule has 0 fully saturated rings. The van der Waals surface area contributed by atoms with E-state index in [1.807, 2.05) is 0 Å². The molecule has 0 amide bonds. The van der Waals surface area contributed by atoms with Crippen LogP contribution in [0.2, 0.25) is 0 Å². The van der Waals surface area contributed by atoms with Crippen molar-refractivity contribution in [1.29, 1.82) is 0 Å². The van der Waals surface area contributed by atoms with Gasteiger partial charge in [-0.2, -0.15) is 0 Å². The van der Waals surface area contributed by atoms with Crippen molar-refractivity contribution in [2.24, 2.45) is 0 Å². The van der Waals surface area contributed by atoms with E-state index in [0.29, 0.717) is 0 Å². The van der Waals surface area contributed by atoms with Gasteiger partial charge in [0.25, 0.3) is 6.43 Å². The van der Waals surface area contributed by atoms with Crippen molar-refractivity contribution in [3.05, 3.63) is 5.82 Å². The maximum Gasteiger partial charge on any atom is 0.305 e. The molecule has 8 heteroatoms. The van der Waals surface area contributed by atoms with Crippen LogP contribution in [-0.2, 0) is 4.79 Å². The summed E-state index contributed by atoms with van der Waals surface area (Å²) in [4.78, 5) is 10.3. The Morgan fingerprint density at radius 2 is 2.29 bits per heavy atom. The van der Waals surface area contributed by atoms with Crippen LogP contribution in [0.4, 0.5) is 8.78 Å². The Morgan fingerprint density at radius 3 is 2.79 bits per heavy atom. The highest BCUT2D eigenvalue weighted by Gasteiger charge is 2.21. The third-order valence-corrected chi connectivity index (χ3v) is 1.60. The van der Waals surface area contributed by atoms with Crippen LogP contribution >= 0.6 is 0 Å². The zero-order chi connectivity index (χ0) is 10.7. The highest BCUT2D eigenvalue weighted by Crippen LogP contribution is 2.19. The van der Waals surface area contributed by atoms with Gasteiger partial charge < -0.3 is 5.11 Å². The van der Waals surface area contributed by atoms with Crippen molar-refractivity contribution < 1.29 is 18.7 Å². The van der Waals surface area contributed by atoms with Gasteiger partial charge >= 0.3 is 5.97 Å². The van der Waals surface area contributed by atoms with Gasteiger partial charge in [0.15, 0.2) is 0 Å². The first kappa shape index (κ1) is 10.5. The number of tetrazole rings is 1. The topological polar surface area (TPSA) is 80.9 Å². The van der Waals surface area contributed by atoms with Crippen molar-refractivity contribution in [2.45, 2.75) is 25.8 Å². The minimum Gasteiger partial charge on any atom is -0.481 e. The van der Waals surface area contributed by atoms with E-state index in [4.69, 9.17) is 5.11 Å². The highest BCUT2D eigenvalue weighted by atomic mass is 19.3. The predicted molar refractivity (Wildman–Crippen MR) is 39.7 cm³/mol. The molecule has 0 saturated carbocycles. The summed E-state index contributed by atoms with van der Waals surface area (Å²) < 4.78 is 25.3. The van der Waals surface area contributed by atoms with Gasteiger partial charge in [-0.25, -0.2) is 13.5 Å². The molecular formula is C6H8F2N4O2. The number of nitrogens with zero attached hydrogens (tertiary/aromatic N) is 4. The van der Waals surface area contributed by atoms with E-state index in [1.165, 1.54) is 6.92 Å². The maximum absolute atomic E-state index is 12.2. The number of hydrogen-bond acceptors (Lipinski definition) is 4. The van der Waals surface area contributed by atoms with Gasteiger partial charge in [0, 0.05) is 0 Å². The van der Waals surface area contributed by atoms with Crippen molar-refractivity contribution in [3.63, 3.8) is 0 Å². The van der Waals surface area contributed by atoms with Gasteiger partial charge in [-0.05, 0) is 17.4 Å². The van der Waals surface area contributed by atoms with Crippen LogP contribution in [-0.4, -0.2) is 31.3 Å². The van der Waals surface area contributed by atoms with Crippen molar-refractivity contribution in [1.82, 2.24) is 20.2 Å². The van der Waals surface area contributed by atoms with E-state index >= 15 is 0 Å². The number of halogens is 2. The minimum absolute atomic E-state index is 0.301. The molecule has 0 spiro atoms. The number of carboxylic acid groups (broad SMARTS) is 1.